The van der Waals surface area contributed by atoms with Crippen LogP contribution in [0.3, 0.4) is 0 Å². The molecule has 28 heavy (non-hydrogen) atoms. The monoisotopic (exact) mass is 383 g/mol. The fourth-order valence-corrected chi connectivity index (χ4v) is 3.83. The number of rotatable bonds is 6. The van der Waals surface area contributed by atoms with Crippen LogP contribution in [0, 0.1) is 0 Å². The summed E-state index contributed by atoms with van der Waals surface area (Å²) in [4.78, 5) is 28.8. The zero-order valence-corrected chi connectivity index (χ0v) is 15.5. The summed E-state index contributed by atoms with van der Waals surface area (Å²) in [5.41, 5.74) is 0.856. The number of hydrogen-bond donors (Lipinski definition) is 2. The summed E-state index contributed by atoms with van der Waals surface area (Å²) in [7, 11) is 0. The average Bonchev–Trinajstić information content (AvgIpc) is 3.36. The van der Waals surface area contributed by atoms with Crippen LogP contribution in [0.1, 0.15) is 22.2 Å². The maximum Gasteiger partial charge on any atom is 0.290 e. The Morgan fingerprint density at radius 2 is 1.89 bits per heavy atom. The quantitative estimate of drug-likeness (QED) is 0.720. The van der Waals surface area contributed by atoms with Crippen molar-refractivity contribution in [2.24, 2.45) is 0 Å². The van der Waals surface area contributed by atoms with Crippen LogP contribution in [0.2, 0.25) is 0 Å². The molecule has 7 heteroatoms. The highest BCUT2D eigenvalue weighted by molar-refractivity contribution is 6.14. The summed E-state index contributed by atoms with van der Waals surface area (Å²) in [6.07, 6.45) is 1.40. The molecule has 1 amide bonds. The van der Waals surface area contributed by atoms with Crippen LogP contribution in [0.15, 0.2) is 64.5 Å². The molecule has 2 aliphatic rings. The molecular formula is C21H23N2O5+. The van der Waals surface area contributed by atoms with Crippen molar-refractivity contribution < 1.29 is 28.7 Å². The van der Waals surface area contributed by atoms with Gasteiger partial charge >= 0.3 is 0 Å². The first-order valence-corrected chi connectivity index (χ1v) is 9.45. The van der Waals surface area contributed by atoms with Gasteiger partial charge in [-0.15, -0.1) is 0 Å². The molecule has 2 N–H and O–H groups in total. The predicted molar refractivity (Wildman–Crippen MR) is 100.0 cm³/mol. The Morgan fingerprint density at radius 3 is 2.57 bits per heavy atom. The van der Waals surface area contributed by atoms with Gasteiger partial charge in [-0.1, -0.05) is 30.3 Å². The van der Waals surface area contributed by atoms with Gasteiger partial charge in [0.05, 0.1) is 44.2 Å². The Kier molecular flexibility index (Phi) is 5.27. The number of carbonyl (C=O) groups is 2. The fraction of sp³-hybridized carbons (Fsp3) is 0.333. The summed E-state index contributed by atoms with van der Waals surface area (Å²) >= 11 is 0. The summed E-state index contributed by atoms with van der Waals surface area (Å²) in [6, 6.07) is 11.8. The summed E-state index contributed by atoms with van der Waals surface area (Å²) in [6.45, 7) is 4.35. The molecule has 2 aliphatic heterocycles. The third kappa shape index (κ3) is 3.46. The number of benzene rings is 1. The molecule has 1 fully saturated rings. The standard InChI is InChI=1S/C21H22N2O5/c24-19(16-7-4-12-28-16)17-18(15-5-2-1-3-6-15)23(21(26)20(17)25)9-8-22-10-13-27-14-11-22/h1-7,12,18,25H,8-11,13-14H2/p+1/t18-/m1/s1. The Balaban J connectivity index is 1.64. The summed E-state index contributed by atoms with van der Waals surface area (Å²) in [5, 5.41) is 10.6. The van der Waals surface area contributed by atoms with E-state index in [1.165, 1.54) is 17.2 Å². The molecular weight excluding hydrogens is 360 g/mol. The Morgan fingerprint density at radius 1 is 1.14 bits per heavy atom. The van der Waals surface area contributed by atoms with Crippen LogP contribution in [-0.4, -0.2) is 61.1 Å². The van der Waals surface area contributed by atoms with Crippen molar-refractivity contribution in [2.45, 2.75) is 6.04 Å². The molecule has 0 aliphatic carbocycles. The highest BCUT2D eigenvalue weighted by Gasteiger charge is 2.44. The van der Waals surface area contributed by atoms with E-state index in [0.717, 1.165) is 25.2 Å². The highest BCUT2D eigenvalue weighted by Crippen LogP contribution is 2.38. The number of carbonyl (C=O) groups excluding carboxylic acids is 2. The summed E-state index contributed by atoms with van der Waals surface area (Å²) in [5.74, 6) is -1.37. The Bertz CT molecular complexity index is 869. The zero-order chi connectivity index (χ0) is 19.5. The smallest absolute Gasteiger partial charge is 0.290 e. The third-order valence-electron chi connectivity index (χ3n) is 5.31. The molecule has 1 aromatic carbocycles. The van der Waals surface area contributed by atoms with Gasteiger partial charge in [-0.3, -0.25) is 9.59 Å². The normalized spacial score (nSPS) is 20.8. The fourth-order valence-electron chi connectivity index (χ4n) is 3.83. The van der Waals surface area contributed by atoms with Gasteiger partial charge in [0.2, 0.25) is 5.78 Å². The molecule has 146 valence electrons. The third-order valence-corrected chi connectivity index (χ3v) is 5.31. The number of ketones is 1. The minimum Gasteiger partial charge on any atom is -0.503 e. The minimum absolute atomic E-state index is 0.0723. The Hall–Kier alpha value is -2.90. The van der Waals surface area contributed by atoms with Crippen molar-refractivity contribution in [2.75, 3.05) is 39.4 Å². The van der Waals surface area contributed by atoms with Crippen molar-refractivity contribution in [1.29, 1.82) is 0 Å². The molecule has 7 nitrogen and oxygen atoms in total. The largest absolute Gasteiger partial charge is 0.503 e. The second-order valence-corrected chi connectivity index (χ2v) is 6.99. The van der Waals surface area contributed by atoms with Gasteiger partial charge in [0.1, 0.15) is 13.1 Å². The van der Waals surface area contributed by atoms with E-state index in [-0.39, 0.29) is 11.3 Å². The van der Waals surface area contributed by atoms with E-state index in [9.17, 15) is 14.7 Å². The number of ether oxygens (including phenoxy) is 1. The van der Waals surface area contributed by atoms with E-state index in [0.29, 0.717) is 19.8 Å². The van der Waals surface area contributed by atoms with Crippen molar-refractivity contribution >= 4 is 11.7 Å². The van der Waals surface area contributed by atoms with Crippen molar-refractivity contribution in [3.05, 3.63) is 71.4 Å². The molecule has 0 radical (unpaired) electrons. The van der Waals surface area contributed by atoms with Gasteiger partial charge < -0.3 is 24.1 Å². The SMILES string of the molecule is O=C(C1=C(O)C(=O)N(CC[NH+]2CCOCC2)[C@@H]1c1ccccc1)c1ccco1. The number of amides is 1. The lowest BCUT2D eigenvalue weighted by atomic mass is 9.95. The topological polar surface area (TPSA) is 84.4 Å². The second-order valence-electron chi connectivity index (χ2n) is 6.99. The zero-order valence-electron chi connectivity index (χ0n) is 15.5. The van der Waals surface area contributed by atoms with E-state index in [1.54, 1.807) is 11.0 Å². The molecule has 3 heterocycles. The highest BCUT2D eigenvalue weighted by atomic mass is 16.5. The maximum atomic E-state index is 13.0. The number of Topliss-reactive ketones (excluding diaryl/α,β-unsaturated/α-hetero) is 1. The molecule has 4 rings (SSSR count). The van der Waals surface area contributed by atoms with Gasteiger partial charge in [0, 0.05) is 0 Å². The van der Waals surface area contributed by atoms with Gasteiger partial charge in [-0.05, 0) is 17.7 Å². The van der Waals surface area contributed by atoms with E-state index in [2.05, 4.69) is 0 Å². The van der Waals surface area contributed by atoms with Crippen LogP contribution in [0.5, 0.6) is 0 Å². The lowest BCUT2D eigenvalue weighted by Gasteiger charge is -2.29. The van der Waals surface area contributed by atoms with Crippen LogP contribution in [0.25, 0.3) is 0 Å². The van der Waals surface area contributed by atoms with Crippen LogP contribution in [-0.2, 0) is 9.53 Å². The minimum atomic E-state index is -0.633. The lowest BCUT2D eigenvalue weighted by molar-refractivity contribution is -0.907. The van der Waals surface area contributed by atoms with Crippen molar-refractivity contribution in [3.8, 4) is 0 Å². The average molecular weight is 383 g/mol. The van der Waals surface area contributed by atoms with Gasteiger partial charge in [0.15, 0.2) is 11.5 Å². The van der Waals surface area contributed by atoms with Gasteiger partial charge in [0.25, 0.3) is 5.91 Å². The second kappa shape index (κ2) is 8.00. The number of morpholine rings is 1. The number of nitrogens with zero attached hydrogens (tertiary/aromatic N) is 1. The van der Waals surface area contributed by atoms with Crippen LogP contribution in [0.4, 0.5) is 0 Å². The van der Waals surface area contributed by atoms with E-state index in [4.69, 9.17) is 9.15 Å². The maximum absolute atomic E-state index is 13.0. The number of aliphatic hydroxyl groups is 1. The van der Waals surface area contributed by atoms with E-state index >= 15 is 0 Å². The van der Waals surface area contributed by atoms with Gasteiger partial charge in [-0.2, -0.15) is 0 Å². The number of quaternary nitrogens is 1. The first-order valence-electron chi connectivity index (χ1n) is 9.45. The molecule has 0 bridgehead atoms. The van der Waals surface area contributed by atoms with E-state index in [1.807, 2.05) is 30.3 Å². The Labute approximate surface area is 162 Å². The number of hydrogen-bond acceptors (Lipinski definition) is 5. The predicted octanol–water partition coefficient (Wildman–Crippen LogP) is 0.773. The van der Waals surface area contributed by atoms with Crippen molar-refractivity contribution in [1.82, 2.24) is 4.90 Å². The van der Waals surface area contributed by atoms with Gasteiger partial charge in [-0.25, -0.2) is 0 Å². The molecule has 2 aromatic rings. The summed E-state index contributed by atoms with van der Waals surface area (Å²) < 4.78 is 10.6. The molecule has 0 spiro atoms. The molecule has 1 saturated heterocycles. The molecule has 1 atom stereocenters. The number of furan rings is 1. The first kappa shape index (κ1) is 18.5. The number of aliphatic hydroxyl groups excluding tert-OH is 1. The molecule has 0 unspecified atom stereocenters. The van der Waals surface area contributed by atoms with Crippen LogP contribution < -0.4 is 4.90 Å². The van der Waals surface area contributed by atoms with Crippen LogP contribution >= 0.6 is 0 Å². The lowest BCUT2D eigenvalue weighted by Crippen LogP contribution is -3.14. The molecule has 1 aromatic heterocycles. The first-order chi connectivity index (χ1) is 13.7. The number of nitrogens with one attached hydrogen (secondary N) is 1. The van der Waals surface area contributed by atoms with E-state index < -0.39 is 23.5 Å². The molecule has 0 saturated carbocycles. The van der Waals surface area contributed by atoms with Crippen molar-refractivity contribution in [3.63, 3.8) is 0 Å².